The van der Waals surface area contributed by atoms with E-state index in [-0.39, 0.29) is 0 Å². The number of hydrogen-bond acceptors (Lipinski definition) is 2. The van der Waals surface area contributed by atoms with Crippen molar-refractivity contribution in [1.29, 1.82) is 0 Å². The lowest BCUT2D eigenvalue weighted by Gasteiger charge is -2.23. The van der Waals surface area contributed by atoms with Crippen LogP contribution in [0.1, 0.15) is 51.0 Å². The fourth-order valence-electron chi connectivity index (χ4n) is 2.60. The number of halogens is 1. The van der Waals surface area contributed by atoms with Crippen LogP contribution in [0, 0.1) is 0 Å². The highest BCUT2D eigenvalue weighted by Crippen LogP contribution is 2.24. The summed E-state index contributed by atoms with van der Waals surface area (Å²) in [5.41, 5.74) is 1.17. The topological polar surface area (TPSA) is 21.3 Å². The second kappa shape index (κ2) is 7.76. The third kappa shape index (κ3) is 4.70. The van der Waals surface area contributed by atoms with Crippen molar-refractivity contribution in [3.63, 3.8) is 0 Å². The van der Waals surface area contributed by atoms with Crippen molar-refractivity contribution in [3.05, 3.63) is 28.8 Å². The van der Waals surface area contributed by atoms with Crippen LogP contribution < -0.4 is 10.1 Å². The molecule has 2 nitrogen and oxygen atoms in total. The first kappa shape index (κ1) is 14.7. The molecule has 106 valence electrons. The Bertz CT molecular complexity index is 388. The molecule has 0 amide bonds. The van der Waals surface area contributed by atoms with Gasteiger partial charge in [0.15, 0.2) is 0 Å². The molecule has 1 N–H and O–H groups in total. The van der Waals surface area contributed by atoms with Crippen molar-refractivity contribution in [2.75, 3.05) is 6.61 Å². The van der Waals surface area contributed by atoms with Crippen LogP contribution >= 0.6 is 11.6 Å². The van der Waals surface area contributed by atoms with Gasteiger partial charge in [-0.2, -0.15) is 0 Å². The van der Waals surface area contributed by atoms with E-state index in [9.17, 15) is 0 Å². The Hall–Kier alpha value is -0.730. The average Bonchev–Trinajstić information content (AvgIpc) is 2.45. The Labute approximate surface area is 121 Å². The highest BCUT2D eigenvalue weighted by molar-refractivity contribution is 6.30. The van der Waals surface area contributed by atoms with Crippen LogP contribution in [0.25, 0.3) is 0 Å². The number of hydrogen-bond donors (Lipinski definition) is 1. The van der Waals surface area contributed by atoms with E-state index < -0.39 is 0 Å². The van der Waals surface area contributed by atoms with Gasteiger partial charge < -0.3 is 10.1 Å². The second-order valence-electron chi connectivity index (χ2n) is 5.32. The van der Waals surface area contributed by atoms with Crippen LogP contribution in [0.5, 0.6) is 5.75 Å². The lowest BCUT2D eigenvalue weighted by Crippen LogP contribution is -2.30. The van der Waals surface area contributed by atoms with Gasteiger partial charge >= 0.3 is 0 Å². The maximum atomic E-state index is 6.09. The Kier molecular flexibility index (Phi) is 5.99. The minimum atomic E-state index is 0.659. The molecule has 1 aliphatic carbocycles. The zero-order valence-corrected chi connectivity index (χ0v) is 12.5. The van der Waals surface area contributed by atoms with Crippen molar-refractivity contribution in [2.24, 2.45) is 0 Å². The van der Waals surface area contributed by atoms with E-state index in [0.717, 1.165) is 30.3 Å². The molecular weight excluding hydrogens is 258 g/mol. The third-order valence-corrected chi connectivity index (χ3v) is 3.91. The van der Waals surface area contributed by atoms with Gasteiger partial charge in [-0.15, -0.1) is 0 Å². The van der Waals surface area contributed by atoms with Gasteiger partial charge in [0.1, 0.15) is 5.75 Å². The van der Waals surface area contributed by atoms with E-state index in [0.29, 0.717) is 6.04 Å². The molecule has 1 fully saturated rings. The van der Waals surface area contributed by atoms with Gasteiger partial charge in [-0.3, -0.25) is 0 Å². The van der Waals surface area contributed by atoms with E-state index in [2.05, 4.69) is 12.2 Å². The van der Waals surface area contributed by atoms with Crippen LogP contribution in [-0.2, 0) is 6.54 Å². The highest BCUT2D eigenvalue weighted by Gasteiger charge is 2.13. The molecule has 0 aliphatic heterocycles. The quantitative estimate of drug-likeness (QED) is 0.826. The largest absolute Gasteiger partial charge is 0.493 e. The minimum Gasteiger partial charge on any atom is -0.493 e. The van der Waals surface area contributed by atoms with Crippen LogP contribution in [0.15, 0.2) is 18.2 Å². The fourth-order valence-corrected chi connectivity index (χ4v) is 2.79. The maximum absolute atomic E-state index is 6.09. The monoisotopic (exact) mass is 281 g/mol. The van der Waals surface area contributed by atoms with E-state index in [1.807, 2.05) is 18.2 Å². The summed E-state index contributed by atoms with van der Waals surface area (Å²) < 4.78 is 5.78. The predicted octanol–water partition coefficient (Wildman–Crippen LogP) is 4.55. The van der Waals surface area contributed by atoms with Crippen molar-refractivity contribution < 1.29 is 4.74 Å². The molecule has 1 aliphatic rings. The Morgan fingerprint density at radius 2 is 2.05 bits per heavy atom. The van der Waals surface area contributed by atoms with Gasteiger partial charge in [0, 0.05) is 23.2 Å². The molecule has 0 radical (unpaired) electrons. The lowest BCUT2D eigenvalue weighted by atomic mass is 9.95. The normalized spacial score (nSPS) is 16.5. The summed E-state index contributed by atoms with van der Waals surface area (Å²) in [5.74, 6) is 0.967. The molecule has 0 aromatic heterocycles. The molecule has 19 heavy (non-hydrogen) atoms. The number of nitrogens with one attached hydrogen (secondary N) is 1. The van der Waals surface area contributed by atoms with Gasteiger partial charge in [-0.25, -0.2) is 0 Å². The highest BCUT2D eigenvalue weighted by atomic mass is 35.5. The zero-order chi connectivity index (χ0) is 13.5. The van der Waals surface area contributed by atoms with Crippen LogP contribution in [0.3, 0.4) is 0 Å². The van der Waals surface area contributed by atoms with Gasteiger partial charge in [-0.1, -0.05) is 37.8 Å². The lowest BCUT2D eigenvalue weighted by molar-refractivity contribution is 0.310. The first-order valence-electron chi connectivity index (χ1n) is 7.44. The van der Waals surface area contributed by atoms with Crippen molar-refractivity contribution in [2.45, 2.75) is 58.0 Å². The van der Waals surface area contributed by atoms with Gasteiger partial charge in [0.2, 0.25) is 0 Å². The smallest absolute Gasteiger partial charge is 0.123 e. The Balaban J connectivity index is 1.94. The van der Waals surface area contributed by atoms with E-state index in [1.165, 1.54) is 37.7 Å². The molecule has 0 saturated heterocycles. The first-order chi connectivity index (χ1) is 9.29. The van der Waals surface area contributed by atoms with Crippen molar-refractivity contribution >= 4 is 11.6 Å². The van der Waals surface area contributed by atoms with E-state index in [4.69, 9.17) is 16.3 Å². The molecular formula is C16H24ClNO. The molecule has 2 rings (SSSR count). The summed E-state index contributed by atoms with van der Waals surface area (Å²) in [6.45, 7) is 3.73. The van der Waals surface area contributed by atoms with Gasteiger partial charge in [-0.05, 0) is 37.5 Å². The maximum Gasteiger partial charge on any atom is 0.123 e. The molecule has 0 unspecified atom stereocenters. The summed E-state index contributed by atoms with van der Waals surface area (Å²) in [5, 5.41) is 4.43. The summed E-state index contributed by atoms with van der Waals surface area (Å²) in [6.07, 6.45) is 7.72. The summed E-state index contributed by atoms with van der Waals surface area (Å²) >= 11 is 6.09. The fraction of sp³-hybridized carbons (Fsp3) is 0.625. The first-order valence-corrected chi connectivity index (χ1v) is 7.82. The van der Waals surface area contributed by atoms with Crippen LogP contribution in [-0.4, -0.2) is 12.6 Å². The Morgan fingerprint density at radius 3 is 2.79 bits per heavy atom. The van der Waals surface area contributed by atoms with Crippen molar-refractivity contribution in [3.8, 4) is 5.75 Å². The Morgan fingerprint density at radius 1 is 1.26 bits per heavy atom. The van der Waals surface area contributed by atoms with E-state index in [1.54, 1.807) is 0 Å². The molecule has 1 aromatic carbocycles. The molecule has 0 spiro atoms. The summed E-state index contributed by atoms with van der Waals surface area (Å²) in [6, 6.07) is 6.56. The minimum absolute atomic E-state index is 0.659. The molecule has 1 aromatic rings. The van der Waals surface area contributed by atoms with Gasteiger partial charge in [0.05, 0.1) is 6.61 Å². The third-order valence-electron chi connectivity index (χ3n) is 3.67. The number of rotatable bonds is 6. The molecule has 1 saturated carbocycles. The average molecular weight is 282 g/mol. The standard InChI is InChI=1S/C16H24ClNO/c1-2-10-19-16-9-8-14(17)11-13(16)12-18-15-6-4-3-5-7-15/h8-9,11,15,18H,2-7,10,12H2,1H3. The number of ether oxygens (including phenoxy) is 1. The van der Waals surface area contributed by atoms with Crippen LogP contribution in [0.2, 0.25) is 5.02 Å². The van der Waals surface area contributed by atoms with Crippen molar-refractivity contribution in [1.82, 2.24) is 5.32 Å². The zero-order valence-electron chi connectivity index (χ0n) is 11.8. The molecule has 0 bridgehead atoms. The molecule has 0 atom stereocenters. The van der Waals surface area contributed by atoms with Gasteiger partial charge in [0.25, 0.3) is 0 Å². The predicted molar refractivity (Wildman–Crippen MR) is 81.0 cm³/mol. The SMILES string of the molecule is CCCOc1ccc(Cl)cc1CNC1CCCCC1. The summed E-state index contributed by atoms with van der Waals surface area (Å²) in [7, 11) is 0. The molecule has 0 heterocycles. The van der Waals surface area contributed by atoms with E-state index >= 15 is 0 Å². The summed E-state index contributed by atoms with van der Waals surface area (Å²) in [4.78, 5) is 0. The number of benzene rings is 1. The second-order valence-corrected chi connectivity index (χ2v) is 5.75. The molecule has 3 heteroatoms. The van der Waals surface area contributed by atoms with Crippen LogP contribution in [0.4, 0.5) is 0 Å².